The number of aldehydes is 1. The molecule has 0 N–H and O–H groups in total. The number of thioether (sulfide) groups is 1. The van der Waals surface area contributed by atoms with Gasteiger partial charge in [-0.2, -0.15) is 0 Å². The highest BCUT2D eigenvalue weighted by Crippen LogP contribution is 2.36. The molecule has 14 heavy (non-hydrogen) atoms. The van der Waals surface area contributed by atoms with Gasteiger partial charge in [-0.3, -0.25) is 0 Å². The Kier molecular flexibility index (Phi) is 3.29. The molecular weight excluding hydrogens is 260 g/mol. The molecule has 0 aliphatic carbocycles. The van der Waals surface area contributed by atoms with Crippen molar-refractivity contribution in [2.75, 3.05) is 5.75 Å². The molecule has 1 aromatic rings. The number of benzene rings is 1. The molecule has 0 saturated heterocycles. The van der Waals surface area contributed by atoms with E-state index in [-0.39, 0.29) is 5.92 Å². The number of carbonyl (C=O) groups is 1. The quantitative estimate of drug-likeness (QED) is 0.726. The first-order valence-corrected chi connectivity index (χ1v) is 6.46. The van der Waals surface area contributed by atoms with Gasteiger partial charge in [0.05, 0.1) is 0 Å². The van der Waals surface area contributed by atoms with Gasteiger partial charge in [-0.1, -0.05) is 22.0 Å². The van der Waals surface area contributed by atoms with E-state index < -0.39 is 0 Å². The maximum atomic E-state index is 10.9. The zero-order valence-corrected chi connectivity index (χ0v) is 10.1. The van der Waals surface area contributed by atoms with Gasteiger partial charge in [-0.25, -0.2) is 0 Å². The van der Waals surface area contributed by atoms with Crippen molar-refractivity contribution in [3.63, 3.8) is 0 Å². The summed E-state index contributed by atoms with van der Waals surface area (Å²) in [6.07, 6.45) is 3.20. The maximum absolute atomic E-state index is 10.9. The minimum Gasteiger partial charge on any atom is -0.303 e. The normalized spacial score (nSPS) is 21.1. The molecule has 0 spiro atoms. The van der Waals surface area contributed by atoms with Crippen LogP contribution in [-0.2, 0) is 4.79 Å². The van der Waals surface area contributed by atoms with Crippen molar-refractivity contribution in [3.8, 4) is 0 Å². The molecule has 3 heteroatoms. The summed E-state index contributed by atoms with van der Waals surface area (Å²) in [5.41, 5.74) is 1.20. The van der Waals surface area contributed by atoms with Gasteiger partial charge in [0.2, 0.25) is 0 Å². The Bertz CT molecular complexity index is 351. The van der Waals surface area contributed by atoms with Crippen LogP contribution >= 0.6 is 27.7 Å². The van der Waals surface area contributed by atoms with Gasteiger partial charge in [0, 0.05) is 15.3 Å². The van der Waals surface area contributed by atoms with E-state index >= 15 is 0 Å². The van der Waals surface area contributed by atoms with Crippen molar-refractivity contribution in [3.05, 3.63) is 28.2 Å². The summed E-state index contributed by atoms with van der Waals surface area (Å²) in [5.74, 6) is 1.22. The summed E-state index contributed by atoms with van der Waals surface area (Å²) in [4.78, 5) is 12.2. The summed E-state index contributed by atoms with van der Waals surface area (Å²) in [6.45, 7) is 0. The smallest absolute Gasteiger partial charge is 0.127 e. The van der Waals surface area contributed by atoms with Crippen molar-refractivity contribution in [2.45, 2.75) is 23.7 Å². The number of halogens is 1. The highest BCUT2D eigenvalue weighted by Gasteiger charge is 2.18. The Morgan fingerprint density at radius 2 is 2.36 bits per heavy atom. The van der Waals surface area contributed by atoms with E-state index in [1.54, 1.807) is 0 Å². The minimum atomic E-state index is 0.105. The first-order chi connectivity index (χ1) is 6.81. The summed E-state index contributed by atoms with van der Waals surface area (Å²) < 4.78 is 1.09. The average Bonchev–Trinajstić information content (AvgIpc) is 2.38. The predicted molar refractivity (Wildman–Crippen MR) is 62.9 cm³/mol. The lowest BCUT2D eigenvalue weighted by Gasteiger charge is -2.10. The molecule has 0 bridgehead atoms. The van der Waals surface area contributed by atoms with Crippen molar-refractivity contribution < 1.29 is 4.79 Å². The van der Waals surface area contributed by atoms with E-state index in [0.29, 0.717) is 0 Å². The van der Waals surface area contributed by atoms with Crippen LogP contribution in [0.1, 0.15) is 24.3 Å². The van der Waals surface area contributed by atoms with Crippen LogP contribution in [0, 0.1) is 0 Å². The summed E-state index contributed by atoms with van der Waals surface area (Å²) in [6, 6.07) is 6.19. The van der Waals surface area contributed by atoms with Crippen molar-refractivity contribution in [1.29, 1.82) is 0 Å². The second-order valence-electron chi connectivity index (χ2n) is 3.42. The average molecular weight is 271 g/mol. The third-order valence-electron chi connectivity index (χ3n) is 2.46. The third kappa shape index (κ3) is 2.04. The number of hydrogen-bond donors (Lipinski definition) is 0. The standard InChI is InChI=1S/C11H11BrOS/c12-9-3-4-10-8(7-13)2-1-5-14-11(10)6-9/h3-4,6-8H,1-2,5H2. The molecule has 1 aliphatic rings. The van der Waals surface area contributed by atoms with Gasteiger partial charge in [-0.05, 0) is 36.3 Å². The fourth-order valence-corrected chi connectivity index (χ4v) is 3.36. The van der Waals surface area contributed by atoms with Crippen LogP contribution < -0.4 is 0 Å². The van der Waals surface area contributed by atoms with Crippen LogP contribution in [-0.4, -0.2) is 12.0 Å². The van der Waals surface area contributed by atoms with Crippen LogP contribution in [0.2, 0.25) is 0 Å². The van der Waals surface area contributed by atoms with Gasteiger partial charge in [-0.15, -0.1) is 11.8 Å². The van der Waals surface area contributed by atoms with Crippen LogP contribution in [0.4, 0.5) is 0 Å². The molecule has 1 atom stereocenters. The fourth-order valence-electron chi connectivity index (χ4n) is 1.72. The van der Waals surface area contributed by atoms with Crippen molar-refractivity contribution in [2.24, 2.45) is 0 Å². The molecule has 1 nitrogen and oxygen atoms in total. The van der Waals surface area contributed by atoms with Gasteiger partial charge in [0.15, 0.2) is 0 Å². The monoisotopic (exact) mass is 270 g/mol. The first kappa shape index (κ1) is 10.2. The molecule has 0 aromatic heterocycles. The topological polar surface area (TPSA) is 17.1 Å². The number of rotatable bonds is 1. The molecule has 74 valence electrons. The molecule has 1 unspecified atom stereocenters. The van der Waals surface area contributed by atoms with E-state index in [2.05, 4.69) is 28.1 Å². The molecule has 1 heterocycles. The molecule has 0 radical (unpaired) electrons. The second kappa shape index (κ2) is 4.49. The Balaban J connectivity index is 2.44. The molecule has 0 saturated carbocycles. The van der Waals surface area contributed by atoms with Gasteiger partial charge < -0.3 is 4.79 Å². The van der Waals surface area contributed by atoms with Gasteiger partial charge in [0.1, 0.15) is 6.29 Å². The Hall–Kier alpha value is -0.280. The van der Waals surface area contributed by atoms with Crippen LogP contribution in [0.5, 0.6) is 0 Å². The summed E-state index contributed by atoms with van der Waals surface area (Å²) in [7, 11) is 0. The highest BCUT2D eigenvalue weighted by atomic mass is 79.9. The van der Waals surface area contributed by atoms with Crippen molar-refractivity contribution >= 4 is 34.0 Å². The minimum absolute atomic E-state index is 0.105. The lowest BCUT2D eigenvalue weighted by atomic mass is 9.96. The highest BCUT2D eigenvalue weighted by molar-refractivity contribution is 9.10. The summed E-state index contributed by atoms with van der Waals surface area (Å²) >= 11 is 5.31. The first-order valence-electron chi connectivity index (χ1n) is 4.69. The third-order valence-corrected chi connectivity index (χ3v) is 4.11. The number of fused-ring (bicyclic) bond motifs is 1. The van der Waals surface area contributed by atoms with E-state index in [1.165, 1.54) is 10.5 Å². The van der Waals surface area contributed by atoms with Crippen LogP contribution in [0.15, 0.2) is 27.6 Å². The number of carbonyl (C=O) groups excluding carboxylic acids is 1. The molecule has 2 rings (SSSR count). The van der Waals surface area contributed by atoms with Gasteiger partial charge in [0.25, 0.3) is 0 Å². The lowest BCUT2D eigenvalue weighted by Crippen LogP contribution is -1.99. The van der Waals surface area contributed by atoms with E-state index in [4.69, 9.17) is 0 Å². The molecule has 1 aromatic carbocycles. The lowest BCUT2D eigenvalue weighted by molar-refractivity contribution is -0.109. The Labute approximate surface area is 96.4 Å². The Morgan fingerprint density at radius 3 is 3.14 bits per heavy atom. The zero-order chi connectivity index (χ0) is 9.97. The van der Waals surface area contributed by atoms with E-state index in [0.717, 1.165) is 29.4 Å². The van der Waals surface area contributed by atoms with Crippen LogP contribution in [0.3, 0.4) is 0 Å². The largest absolute Gasteiger partial charge is 0.303 e. The zero-order valence-electron chi connectivity index (χ0n) is 7.70. The Morgan fingerprint density at radius 1 is 1.50 bits per heavy atom. The van der Waals surface area contributed by atoms with E-state index in [1.807, 2.05) is 17.8 Å². The molecule has 1 aliphatic heterocycles. The molecule has 0 amide bonds. The van der Waals surface area contributed by atoms with E-state index in [9.17, 15) is 4.79 Å². The molecule has 0 fully saturated rings. The molecular formula is C11H11BrOS. The second-order valence-corrected chi connectivity index (χ2v) is 5.47. The summed E-state index contributed by atoms with van der Waals surface area (Å²) in [5, 5.41) is 0. The number of hydrogen-bond acceptors (Lipinski definition) is 2. The van der Waals surface area contributed by atoms with Gasteiger partial charge >= 0.3 is 0 Å². The predicted octanol–water partition coefficient (Wildman–Crippen LogP) is 3.62. The van der Waals surface area contributed by atoms with Crippen molar-refractivity contribution in [1.82, 2.24) is 0 Å². The SMILES string of the molecule is O=CC1CCCSc2cc(Br)ccc21. The van der Waals surface area contributed by atoms with Crippen LogP contribution in [0.25, 0.3) is 0 Å². The fraction of sp³-hybridized carbons (Fsp3) is 0.364. The maximum Gasteiger partial charge on any atom is 0.127 e.